The Morgan fingerprint density at radius 3 is 2.48 bits per heavy atom. The summed E-state index contributed by atoms with van der Waals surface area (Å²) in [6, 6.07) is 10.3. The molecule has 0 N–H and O–H groups in total. The molecule has 0 unspecified atom stereocenters. The van der Waals surface area contributed by atoms with E-state index in [0.717, 1.165) is 28.8 Å². The van der Waals surface area contributed by atoms with E-state index in [0.29, 0.717) is 12.4 Å². The SMILES string of the molecule is C[C@@H]1COc2ccc(-c3cncnc3)cc2CN1C(=O)c1ccc(OC(F)(F)F)cc1. The highest BCUT2D eigenvalue weighted by Gasteiger charge is 2.31. The van der Waals surface area contributed by atoms with Gasteiger partial charge in [0.1, 0.15) is 24.4 Å². The van der Waals surface area contributed by atoms with Crippen LogP contribution in [0, 0.1) is 0 Å². The molecular weight excluding hydrogens is 411 g/mol. The van der Waals surface area contributed by atoms with E-state index >= 15 is 0 Å². The molecule has 1 atom stereocenters. The summed E-state index contributed by atoms with van der Waals surface area (Å²) in [4.78, 5) is 22.8. The van der Waals surface area contributed by atoms with Crippen LogP contribution in [-0.2, 0) is 6.54 Å². The Kier molecular flexibility index (Phi) is 5.50. The molecule has 0 aliphatic carbocycles. The number of aromatic nitrogens is 2. The van der Waals surface area contributed by atoms with Crippen LogP contribution >= 0.6 is 0 Å². The number of halogens is 3. The summed E-state index contributed by atoms with van der Waals surface area (Å²) in [5.74, 6) is -0.0102. The monoisotopic (exact) mass is 429 g/mol. The van der Waals surface area contributed by atoms with E-state index in [9.17, 15) is 18.0 Å². The number of carbonyl (C=O) groups is 1. The Morgan fingerprint density at radius 1 is 1.10 bits per heavy atom. The number of benzene rings is 2. The average Bonchev–Trinajstić information content (AvgIpc) is 2.92. The second kappa shape index (κ2) is 8.25. The van der Waals surface area contributed by atoms with Crippen molar-refractivity contribution in [1.29, 1.82) is 0 Å². The Balaban J connectivity index is 1.58. The van der Waals surface area contributed by atoms with Gasteiger partial charge in [-0.2, -0.15) is 0 Å². The van der Waals surface area contributed by atoms with Gasteiger partial charge in [0, 0.05) is 29.1 Å². The van der Waals surface area contributed by atoms with Crippen molar-refractivity contribution in [1.82, 2.24) is 14.9 Å². The minimum absolute atomic E-state index is 0.241. The van der Waals surface area contributed by atoms with Gasteiger partial charge in [-0.25, -0.2) is 9.97 Å². The molecule has 3 aromatic rings. The van der Waals surface area contributed by atoms with Crippen molar-refractivity contribution in [2.45, 2.75) is 25.9 Å². The minimum Gasteiger partial charge on any atom is -0.491 e. The minimum atomic E-state index is -4.78. The fourth-order valence-corrected chi connectivity index (χ4v) is 3.35. The summed E-state index contributed by atoms with van der Waals surface area (Å²) in [5.41, 5.74) is 2.80. The molecule has 0 saturated carbocycles. The topological polar surface area (TPSA) is 64.6 Å². The predicted octanol–water partition coefficient (Wildman–Crippen LogP) is 4.47. The fourth-order valence-electron chi connectivity index (χ4n) is 3.35. The number of carbonyl (C=O) groups excluding carboxylic acids is 1. The third-order valence-corrected chi connectivity index (χ3v) is 4.90. The third kappa shape index (κ3) is 4.76. The van der Waals surface area contributed by atoms with E-state index in [1.165, 1.54) is 18.5 Å². The van der Waals surface area contributed by atoms with Gasteiger partial charge in [-0.05, 0) is 48.9 Å². The lowest BCUT2D eigenvalue weighted by atomic mass is 10.0. The summed E-state index contributed by atoms with van der Waals surface area (Å²) < 4.78 is 46.8. The first-order chi connectivity index (χ1) is 14.8. The molecule has 31 heavy (non-hydrogen) atoms. The van der Waals surface area contributed by atoms with Gasteiger partial charge in [0.2, 0.25) is 0 Å². The molecule has 9 heteroatoms. The van der Waals surface area contributed by atoms with Crippen molar-refractivity contribution in [3.8, 4) is 22.6 Å². The summed E-state index contributed by atoms with van der Waals surface area (Å²) in [6.45, 7) is 2.44. The van der Waals surface area contributed by atoms with E-state index in [1.807, 2.05) is 25.1 Å². The lowest BCUT2D eigenvalue weighted by molar-refractivity contribution is -0.274. The number of hydrogen-bond donors (Lipinski definition) is 0. The molecule has 2 aromatic carbocycles. The molecule has 1 aromatic heterocycles. The van der Waals surface area contributed by atoms with Crippen molar-refractivity contribution in [3.05, 3.63) is 72.3 Å². The fraction of sp³-hybridized carbons (Fsp3) is 0.227. The molecule has 0 bridgehead atoms. The van der Waals surface area contributed by atoms with Crippen LogP contribution in [-0.4, -0.2) is 39.8 Å². The lowest BCUT2D eigenvalue weighted by Crippen LogP contribution is -2.39. The Morgan fingerprint density at radius 2 is 1.81 bits per heavy atom. The number of nitrogens with zero attached hydrogens (tertiary/aromatic N) is 3. The molecule has 1 aliphatic heterocycles. The number of alkyl halides is 3. The van der Waals surface area contributed by atoms with Gasteiger partial charge in [-0.3, -0.25) is 4.79 Å². The van der Waals surface area contributed by atoms with Crippen LogP contribution in [0.15, 0.2) is 61.2 Å². The molecule has 6 nitrogen and oxygen atoms in total. The van der Waals surface area contributed by atoms with Crippen LogP contribution in [0.2, 0.25) is 0 Å². The molecule has 2 heterocycles. The Hall–Kier alpha value is -3.62. The predicted molar refractivity (Wildman–Crippen MR) is 105 cm³/mol. The number of fused-ring (bicyclic) bond motifs is 1. The Labute approximate surface area is 176 Å². The van der Waals surface area contributed by atoms with Crippen LogP contribution in [0.25, 0.3) is 11.1 Å². The van der Waals surface area contributed by atoms with Crippen LogP contribution in [0.5, 0.6) is 11.5 Å². The highest BCUT2D eigenvalue weighted by atomic mass is 19.4. The molecule has 0 saturated heterocycles. The highest BCUT2D eigenvalue weighted by molar-refractivity contribution is 5.94. The maximum absolute atomic E-state index is 13.1. The number of hydrogen-bond acceptors (Lipinski definition) is 5. The zero-order valence-electron chi connectivity index (χ0n) is 16.5. The van der Waals surface area contributed by atoms with Gasteiger partial charge >= 0.3 is 6.36 Å². The van der Waals surface area contributed by atoms with E-state index in [-0.39, 0.29) is 29.8 Å². The van der Waals surface area contributed by atoms with Gasteiger partial charge in [0.15, 0.2) is 0 Å². The second-order valence-electron chi connectivity index (χ2n) is 7.11. The normalized spacial score (nSPS) is 16.1. The van der Waals surface area contributed by atoms with Crippen LogP contribution < -0.4 is 9.47 Å². The molecular formula is C22H18F3N3O3. The largest absolute Gasteiger partial charge is 0.573 e. The molecule has 1 aliphatic rings. The lowest BCUT2D eigenvalue weighted by Gasteiger charge is -2.26. The van der Waals surface area contributed by atoms with Crippen molar-refractivity contribution in [2.24, 2.45) is 0 Å². The second-order valence-corrected chi connectivity index (χ2v) is 7.11. The van der Waals surface area contributed by atoms with E-state index in [4.69, 9.17) is 4.74 Å². The molecule has 4 rings (SSSR count). The first kappa shape index (κ1) is 20.6. The van der Waals surface area contributed by atoms with Crippen molar-refractivity contribution in [2.75, 3.05) is 6.61 Å². The van der Waals surface area contributed by atoms with Gasteiger partial charge < -0.3 is 14.4 Å². The number of rotatable bonds is 3. The molecule has 0 radical (unpaired) electrons. The molecule has 0 spiro atoms. The van der Waals surface area contributed by atoms with Crippen LogP contribution in [0.3, 0.4) is 0 Å². The van der Waals surface area contributed by atoms with E-state index in [2.05, 4.69) is 14.7 Å². The summed E-state index contributed by atoms with van der Waals surface area (Å²) in [5, 5.41) is 0. The smallest absolute Gasteiger partial charge is 0.491 e. The van der Waals surface area contributed by atoms with E-state index in [1.54, 1.807) is 17.3 Å². The summed E-state index contributed by atoms with van der Waals surface area (Å²) >= 11 is 0. The van der Waals surface area contributed by atoms with Crippen molar-refractivity contribution >= 4 is 5.91 Å². The molecule has 0 fully saturated rings. The summed E-state index contributed by atoms with van der Waals surface area (Å²) in [6.07, 6.45) is 0.0569. The zero-order valence-corrected chi connectivity index (χ0v) is 16.5. The Bertz CT molecular complexity index is 1070. The maximum atomic E-state index is 13.1. The average molecular weight is 429 g/mol. The van der Waals surface area contributed by atoms with Gasteiger partial charge in [0.05, 0.1) is 12.6 Å². The van der Waals surface area contributed by atoms with Crippen LogP contribution in [0.4, 0.5) is 13.2 Å². The van der Waals surface area contributed by atoms with Gasteiger partial charge in [0.25, 0.3) is 5.91 Å². The quantitative estimate of drug-likeness (QED) is 0.615. The third-order valence-electron chi connectivity index (χ3n) is 4.90. The van der Waals surface area contributed by atoms with Crippen LogP contribution in [0.1, 0.15) is 22.8 Å². The highest BCUT2D eigenvalue weighted by Crippen LogP contribution is 2.31. The zero-order chi connectivity index (χ0) is 22.0. The number of amides is 1. The van der Waals surface area contributed by atoms with Crippen molar-refractivity contribution < 1.29 is 27.4 Å². The number of ether oxygens (including phenoxy) is 2. The standard InChI is InChI=1S/C22H18F3N3O3/c1-14-12-30-20-7-4-16(18-9-26-13-27-10-18)8-17(20)11-28(14)21(29)15-2-5-19(6-3-15)31-22(23,24)25/h2-10,13-14H,11-12H2,1H3/t14-/m1/s1. The first-order valence-electron chi connectivity index (χ1n) is 9.48. The molecule has 1 amide bonds. The van der Waals surface area contributed by atoms with E-state index < -0.39 is 6.36 Å². The maximum Gasteiger partial charge on any atom is 0.573 e. The first-order valence-corrected chi connectivity index (χ1v) is 9.48. The molecule has 160 valence electrons. The van der Waals surface area contributed by atoms with Crippen molar-refractivity contribution in [3.63, 3.8) is 0 Å². The summed E-state index contributed by atoms with van der Waals surface area (Å²) in [7, 11) is 0. The van der Waals surface area contributed by atoms with Gasteiger partial charge in [-0.15, -0.1) is 13.2 Å². The van der Waals surface area contributed by atoms with Gasteiger partial charge in [-0.1, -0.05) is 6.07 Å².